The van der Waals surface area contributed by atoms with Crippen LogP contribution in [0.1, 0.15) is 5.56 Å². The molecule has 0 spiro atoms. The molecule has 1 aromatic carbocycles. The molecule has 0 aromatic heterocycles. The van der Waals surface area contributed by atoms with Gasteiger partial charge in [-0.05, 0) is 17.7 Å². The third-order valence-corrected chi connectivity index (χ3v) is 2.60. The number of carbonyl (C=O) groups excluding carboxylic acids is 1. The van der Waals surface area contributed by atoms with Crippen molar-refractivity contribution in [2.24, 2.45) is 0 Å². The minimum atomic E-state index is -0.371. The summed E-state index contributed by atoms with van der Waals surface area (Å²) in [5.74, 6) is -0.419. The van der Waals surface area contributed by atoms with Crippen molar-refractivity contribution in [2.75, 3.05) is 26.3 Å². The summed E-state index contributed by atoms with van der Waals surface area (Å²) in [5, 5.41) is 0. The lowest BCUT2D eigenvalue weighted by Gasteiger charge is -2.26. The van der Waals surface area contributed by atoms with E-state index in [9.17, 15) is 9.18 Å². The maximum Gasteiger partial charge on any atom is 0.227 e. The van der Waals surface area contributed by atoms with Crippen molar-refractivity contribution in [2.45, 2.75) is 6.42 Å². The average molecular weight is 222 g/mol. The predicted molar refractivity (Wildman–Crippen MR) is 56.3 cm³/mol. The van der Waals surface area contributed by atoms with Crippen LogP contribution < -0.4 is 0 Å². The third-order valence-electron chi connectivity index (χ3n) is 2.60. The van der Waals surface area contributed by atoms with Gasteiger partial charge in [-0.1, -0.05) is 12.1 Å². The molecule has 4 heteroatoms. The van der Waals surface area contributed by atoms with E-state index in [1.807, 2.05) is 0 Å². The Morgan fingerprint density at radius 2 is 2.25 bits per heavy atom. The molecule has 85 valence electrons. The second-order valence-electron chi connectivity index (χ2n) is 3.69. The van der Waals surface area contributed by atoms with Crippen LogP contribution in [-0.2, 0) is 16.0 Å². The van der Waals surface area contributed by atoms with E-state index in [-0.39, 0.29) is 18.1 Å². The number of rotatable bonds is 2. The number of hydrogen-bond acceptors (Lipinski definition) is 2. The van der Waals surface area contributed by atoms with Crippen molar-refractivity contribution in [3.05, 3.63) is 35.6 Å². The van der Waals surface area contributed by atoms with Crippen molar-refractivity contribution in [1.82, 2.24) is 4.90 Å². The Bertz CT molecular complexity index is 375. The Morgan fingerprint density at radius 3 is 2.94 bits per heavy atom. The molecule has 2 rings (SSSR count). The smallest absolute Gasteiger partial charge is 0.227 e. The number of benzene rings is 1. The molecule has 1 aromatic rings. The Hall–Kier alpha value is -1.42. The first-order chi connectivity index (χ1) is 7.77. The zero-order valence-electron chi connectivity index (χ0n) is 8.91. The van der Waals surface area contributed by atoms with Crippen LogP contribution in [0.25, 0.3) is 0 Å². The van der Waals surface area contributed by atoms with Gasteiger partial charge in [0.1, 0.15) is 5.82 Å². The summed E-state index contributed by atoms with van der Waals surface area (Å²) in [6.07, 6.45) is 0.112. The molecule has 3 nitrogen and oxygen atoms in total. The normalized spacial score (nSPS) is 16.2. The number of halogens is 1. The van der Waals surface area contributed by atoms with Crippen LogP contribution in [-0.4, -0.2) is 37.1 Å². The molecule has 1 amide bonds. The highest BCUT2D eigenvalue weighted by Gasteiger charge is 2.17. The maximum atomic E-state index is 13.3. The van der Waals surface area contributed by atoms with Gasteiger partial charge >= 0.3 is 0 Å². The van der Waals surface area contributed by atoms with Gasteiger partial charge in [0.15, 0.2) is 0 Å². The highest BCUT2D eigenvalue weighted by atomic mass is 19.1. The Balaban J connectivity index is 1.99. The van der Waals surface area contributed by atoms with Gasteiger partial charge < -0.3 is 9.64 Å². The first-order valence-electron chi connectivity index (χ1n) is 5.27. The van der Waals surface area contributed by atoms with Crippen molar-refractivity contribution in [3.8, 4) is 0 Å². The molecular weight excluding hydrogens is 209 g/mol. The maximum absolute atomic E-state index is 13.3. The summed E-state index contributed by atoms with van der Waals surface area (Å²) in [7, 11) is 0. The summed E-state index contributed by atoms with van der Waals surface area (Å²) in [6.45, 7) is 2.33. The monoisotopic (exact) mass is 222 g/mol. The lowest BCUT2D eigenvalue weighted by atomic mass is 10.1. The zero-order chi connectivity index (χ0) is 11.4. The summed E-state index contributed by atoms with van der Waals surface area (Å²) in [6, 6.07) is 7.09. The molecule has 1 saturated heterocycles. The minimum absolute atomic E-state index is 0.0478. The van der Waals surface area contributed by atoms with Crippen LogP contribution in [0.2, 0.25) is 0 Å². The SMILES string of the molecule is O=C(Cc1cc[c]cc1F)N1CCOCC1. The summed E-state index contributed by atoms with van der Waals surface area (Å²) in [4.78, 5) is 13.5. The van der Waals surface area contributed by atoms with Gasteiger partial charge in [-0.3, -0.25) is 4.79 Å². The van der Waals surface area contributed by atoms with E-state index in [4.69, 9.17) is 4.74 Å². The molecule has 1 aliphatic heterocycles. The van der Waals surface area contributed by atoms with E-state index in [1.165, 1.54) is 6.07 Å². The fourth-order valence-electron chi connectivity index (χ4n) is 1.67. The van der Waals surface area contributed by atoms with E-state index in [0.717, 1.165) is 0 Å². The second-order valence-corrected chi connectivity index (χ2v) is 3.69. The number of morpholine rings is 1. The van der Waals surface area contributed by atoms with E-state index >= 15 is 0 Å². The molecule has 0 bridgehead atoms. The highest BCUT2D eigenvalue weighted by molar-refractivity contribution is 5.78. The number of amides is 1. The lowest BCUT2D eigenvalue weighted by Crippen LogP contribution is -2.41. The van der Waals surface area contributed by atoms with E-state index < -0.39 is 0 Å². The molecule has 0 aliphatic carbocycles. The van der Waals surface area contributed by atoms with Crippen LogP contribution in [0, 0.1) is 11.9 Å². The molecule has 1 radical (unpaired) electrons. The first-order valence-corrected chi connectivity index (χ1v) is 5.27. The third kappa shape index (κ3) is 2.58. The van der Waals surface area contributed by atoms with E-state index in [2.05, 4.69) is 6.07 Å². The minimum Gasteiger partial charge on any atom is -0.378 e. The zero-order valence-corrected chi connectivity index (χ0v) is 8.91. The van der Waals surface area contributed by atoms with Crippen LogP contribution in [0.15, 0.2) is 18.2 Å². The molecule has 0 N–H and O–H groups in total. The Morgan fingerprint density at radius 1 is 1.50 bits per heavy atom. The lowest BCUT2D eigenvalue weighted by molar-refractivity contribution is -0.134. The number of carbonyl (C=O) groups is 1. The number of ether oxygens (including phenoxy) is 1. The number of hydrogen-bond donors (Lipinski definition) is 0. The fraction of sp³-hybridized carbons (Fsp3) is 0.417. The van der Waals surface area contributed by atoms with Crippen LogP contribution in [0.3, 0.4) is 0 Å². The van der Waals surface area contributed by atoms with Gasteiger partial charge in [-0.25, -0.2) is 4.39 Å². The number of nitrogens with zero attached hydrogens (tertiary/aromatic N) is 1. The highest BCUT2D eigenvalue weighted by Crippen LogP contribution is 2.09. The first kappa shape index (κ1) is 11.1. The van der Waals surface area contributed by atoms with Gasteiger partial charge in [-0.15, -0.1) is 0 Å². The molecular formula is C12H13FNO2. The molecule has 0 unspecified atom stereocenters. The van der Waals surface area contributed by atoms with Gasteiger partial charge in [0.25, 0.3) is 0 Å². The van der Waals surface area contributed by atoms with Crippen molar-refractivity contribution in [3.63, 3.8) is 0 Å². The van der Waals surface area contributed by atoms with Gasteiger partial charge in [0, 0.05) is 13.1 Å². The molecule has 0 atom stereocenters. The fourth-order valence-corrected chi connectivity index (χ4v) is 1.67. The molecule has 1 fully saturated rings. The molecule has 1 aliphatic rings. The Kier molecular flexibility index (Phi) is 3.51. The van der Waals surface area contributed by atoms with Crippen LogP contribution in [0.5, 0.6) is 0 Å². The quantitative estimate of drug-likeness (QED) is 0.748. The molecule has 16 heavy (non-hydrogen) atoms. The topological polar surface area (TPSA) is 29.5 Å². The van der Waals surface area contributed by atoms with Crippen LogP contribution in [0.4, 0.5) is 4.39 Å². The largest absolute Gasteiger partial charge is 0.378 e. The standard InChI is InChI=1S/C12H13FNO2/c13-11-4-2-1-3-10(11)9-12(15)14-5-7-16-8-6-14/h1,3-4H,5-9H2. The van der Waals surface area contributed by atoms with Crippen LogP contribution >= 0.6 is 0 Å². The van der Waals surface area contributed by atoms with Gasteiger partial charge in [0.05, 0.1) is 19.6 Å². The summed E-state index contributed by atoms with van der Waals surface area (Å²) >= 11 is 0. The van der Waals surface area contributed by atoms with Crippen molar-refractivity contribution in [1.29, 1.82) is 0 Å². The summed E-state index contributed by atoms with van der Waals surface area (Å²) < 4.78 is 18.4. The van der Waals surface area contributed by atoms with Crippen molar-refractivity contribution >= 4 is 5.91 Å². The molecule has 0 saturated carbocycles. The van der Waals surface area contributed by atoms with E-state index in [0.29, 0.717) is 31.9 Å². The predicted octanol–water partition coefficient (Wildman–Crippen LogP) is 1.03. The summed E-state index contributed by atoms with van der Waals surface area (Å²) in [5.41, 5.74) is 0.426. The second kappa shape index (κ2) is 5.07. The average Bonchev–Trinajstić information content (AvgIpc) is 2.33. The molecule has 1 heterocycles. The van der Waals surface area contributed by atoms with E-state index in [1.54, 1.807) is 17.0 Å². The van der Waals surface area contributed by atoms with Crippen molar-refractivity contribution < 1.29 is 13.9 Å². The Labute approximate surface area is 93.8 Å². The van der Waals surface area contributed by atoms with Gasteiger partial charge in [0.2, 0.25) is 5.91 Å². The van der Waals surface area contributed by atoms with Gasteiger partial charge in [-0.2, -0.15) is 0 Å².